The van der Waals surface area contributed by atoms with Crippen LogP contribution in [-0.2, 0) is 14.8 Å². The van der Waals surface area contributed by atoms with Crippen molar-refractivity contribution in [3.63, 3.8) is 0 Å². The molecule has 9 heteroatoms. The fourth-order valence-corrected chi connectivity index (χ4v) is 6.86. The number of rotatable bonds is 6. The summed E-state index contributed by atoms with van der Waals surface area (Å²) < 4.78 is 32.8. The Balaban J connectivity index is 1.51. The average Bonchev–Trinajstić information content (AvgIpc) is 3.35. The fraction of sp³-hybridized carbons (Fsp3) is 0.682. The maximum Gasteiger partial charge on any atom is 0.252 e. The van der Waals surface area contributed by atoms with E-state index in [2.05, 4.69) is 10.2 Å². The standard InChI is InChI=1S/C22H32ClN3O4S/c23-20-7-6-18(31(28,29)26-10-4-5-11-26)16-19(20)21(27)24-17-22(8-2-1-3-9-22)25-12-14-30-15-13-25/h6-7,16H,1-5,8-15,17H2,(H,24,27). The minimum Gasteiger partial charge on any atom is -0.379 e. The highest BCUT2D eigenvalue weighted by atomic mass is 35.5. The van der Waals surface area contributed by atoms with Gasteiger partial charge < -0.3 is 10.1 Å². The van der Waals surface area contributed by atoms with E-state index in [9.17, 15) is 13.2 Å². The molecule has 2 aliphatic heterocycles. The van der Waals surface area contributed by atoms with Crippen LogP contribution in [0.2, 0.25) is 5.02 Å². The van der Waals surface area contributed by atoms with Crippen LogP contribution in [0, 0.1) is 0 Å². The predicted molar refractivity (Wildman–Crippen MR) is 120 cm³/mol. The molecule has 3 aliphatic rings. The van der Waals surface area contributed by atoms with E-state index >= 15 is 0 Å². The lowest BCUT2D eigenvalue weighted by Gasteiger charge is -2.48. The van der Waals surface area contributed by atoms with E-state index in [1.807, 2.05) is 0 Å². The smallest absolute Gasteiger partial charge is 0.252 e. The molecule has 31 heavy (non-hydrogen) atoms. The van der Waals surface area contributed by atoms with E-state index in [1.54, 1.807) is 0 Å². The first kappa shape index (κ1) is 23.0. The maximum atomic E-state index is 13.1. The van der Waals surface area contributed by atoms with Crippen molar-refractivity contribution < 1.29 is 17.9 Å². The molecular formula is C22H32ClN3O4S. The lowest BCUT2D eigenvalue weighted by Crippen LogP contribution is -2.59. The number of nitrogens with one attached hydrogen (secondary N) is 1. The molecule has 0 spiro atoms. The lowest BCUT2D eigenvalue weighted by molar-refractivity contribution is -0.0361. The Morgan fingerprint density at radius 3 is 2.39 bits per heavy atom. The van der Waals surface area contributed by atoms with Gasteiger partial charge >= 0.3 is 0 Å². The second-order valence-electron chi connectivity index (χ2n) is 8.82. The van der Waals surface area contributed by atoms with E-state index in [4.69, 9.17) is 16.3 Å². The lowest BCUT2D eigenvalue weighted by atomic mass is 9.79. The number of carbonyl (C=O) groups is 1. The first-order chi connectivity index (χ1) is 14.9. The van der Waals surface area contributed by atoms with Crippen molar-refractivity contribution in [1.82, 2.24) is 14.5 Å². The van der Waals surface area contributed by atoms with Crippen LogP contribution in [-0.4, -0.2) is 75.0 Å². The van der Waals surface area contributed by atoms with Gasteiger partial charge in [0, 0.05) is 38.3 Å². The van der Waals surface area contributed by atoms with Gasteiger partial charge in [0.2, 0.25) is 10.0 Å². The Labute approximate surface area is 190 Å². The van der Waals surface area contributed by atoms with Crippen LogP contribution >= 0.6 is 11.6 Å². The number of halogens is 1. The van der Waals surface area contributed by atoms with Gasteiger partial charge in [-0.05, 0) is 43.9 Å². The van der Waals surface area contributed by atoms with Crippen LogP contribution in [0.4, 0.5) is 0 Å². The minimum atomic E-state index is -3.60. The minimum absolute atomic E-state index is 0.0661. The summed E-state index contributed by atoms with van der Waals surface area (Å²) in [5.41, 5.74) is 0.151. The first-order valence-electron chi connectivity index (χ1n) is 11.3. The molecule has 0 aromatic heterocycles. The van der Waals surface area contributed by atoms with Crippen LogP contribution in [0.1, 0.15) is 55.3 Å². The average molecular weight is 470 g/mol. The summed E-state index contributed by atoms with van der Waals surface area (Å²) in [4.78, 5) is 15.7. The number of ether oxygens (including phenoxy) is 1. The molecule has 1 aliphatic carbocycles. The summed E-state index contributed by atoms with van der Waals surface area (Å²) in [5.74, 6) is -0.318. The van der Waals surface area contributed by atoms with Gasteiger partial charge in [-0.15, -0.1) is 0 Å². The zero-order valence-corrected chi connectivity index (χ0v) is 19.5. The van der Waals surface area contributed by atoms with Gasteiger partial charge in [-0.1, -0.05) is 30.9 Å². The molecule has 0 atom stereocenters. The molecular weight excluding hydrogens is 438 g/mol. The quantitative estimate of drug-likeness (QED) is 0.693. The van der Waals surface area contributed by atoms with E-state index in [0.717, 1.165) is 64.8 Å². The van der Waals surface area contributed by atoms with Gasteiger partial charge in [0.05, 0.1) is 28.7 Å². The summed E-state index contributed by atoms with van der Waals surface area (Å²) in [6, 6.07) is 4.43. The number of benzene rings is 1. The molecule has 0 unspecified atom stereocenters. The monoisotopic (exact) mass is 469 g/mol. The molecule has 4 rings (SSSR count). The molecule has 3 fully saturated rings. The summed E-state index contributed by atoms with van der Waals surface area (Å²) in [6.07, 6.45) is 7.35. The summed E-state index contributed by atoms with van der Waals surface area (Å²) in [7, 11) is -3.60. The van der Waals surface area contributed by atoms with Crippen molar-refractivity contribution in [1.29, 1.82) is 0 Å². The molecule has 2 saturated heterocycles. The molecule has 1 amide bonds. The van der Waals surface area contributed by atoms with E-state index < -0.39 is 10.0 Å². The maximum absolute atomic E-state index is 13.1. The van der Waals surface area contributed by atoms with Crippen molar-refractivity contribution in [2.45, 2.75) is 55.4 Å². The molecule has 1 aromatic rings. The molecule has 0 radical (unpaired) electrons. The van der Waals surface area contributed by atoms with Gasteiger partial charge in [-0.3, -0.25) is 9.69 Å². The molecule has 1 N–H and O–H groups in total. The van der Waals surface area contributed by atoms with Crippen LogP contribution in [0.15, 0.2) is 23.1 Å². The molecule has 1 saturated carbocycles. The number of morpholine rings is 1. The largest absolute Gasteiger partial charge is 0.379 e. The fourth-order valence-electron chi connectivity index (χ4n) is 5.11. The number of carbonyl (C=O) groups excluding carboxylic acids is 1. The predicted octanol–water partition coefficient (Wildman–Crippen LogP) is 2.89. The van der Waals surface area contributed by atoms with Gasteiger partial charge in [0.15, 0.2) is 0 Å². The number of sulfonamides is 1. The summed E-state index contributed by atoms with van der Waals surface area (Å²) in [6.45, 7) is 4.77. The first-order valence-corrected chi connectivity index (χ1v) is 13.1. The highest BCUT2D eigenvalue weighted by Crippen LogP contribution is 2.34. The second-order valence-corrected chi connectivity index (χ2v) is 11.2. The molecule has 2 heterocycles. The van der Waals surface area contributed by atoms with Crippen molar-refractivity contribution in [3.05, 3.63) is 28.8 Å². The van der Waals surface area contributed by atoms with Crippen LogP contribution in [0.5, 0.6) is 0 Å². The van der Waals surface area contributed by atoms with Crippen molar-refractivity contribution in [2.24, 2.45) is 0 Å². The van der Waals surface area contributed by atoms with Gasteiger partial charge in [-0.25, -0.2) is 8.42 Å². The highest BCUT2D eigenvalue weighted by Gasteiger charge is 2.39. The Kier molecular flexibility index (Phi) is 7.23. The Morgan fingerprint density at radius 1 is 1.03 bits per heavy atom. The summed E-state index contributed by atoms with van der Waals surface area (Å²) >= 11 is 6.31. The van der Waals surface area contributed by atoms with E-state index in [0.29, 0.717) is 19.6 Å². The Hall–Kier alpha value is -1.19. The SMILES string of the molecule is O=C(NCC1(N2CCOCC2)CCCCC1)c1cc(S(=O)(=O)N2CCCC2)ccc1Cl. The van der Waals surface area contributed by atoms with Crippen LogP contribution < -0.4 is 5.32 Å². The van der Waals surface area contributed by atoms with Gasteiger partial charge in [0.25, 0.3) is 5.91 Å². The topological polar surface area (TPSA) is 79.0 Å². The normalized spacial score (nSPS) is 23.0. The number of nitrogens with zero attached hydrogens (tertiary/aromatic N) is 2. The zero-order chi connectivity index (χ0) is 21.9. The molecule has 7 nitrogen and oxygen atoms in total. The third kappa shape index (κ3) is 4.93. The Bertz CT molecular complexity index is 890. The van der Waals surface area contributed by atoms with Gasteiger partial charge in [0.1, 0.15) is 0 Å². The van der Waals surface area contributed by atoms with Crippen molar-refractivity contribution >= 4 is 27.5 Å². The molecule has 172 valence electrons. The molecule has 0 bridgehead atoms. The van der Waals surface area contributed by atoms with Gasteiger partial charge in [-0.2, -0.15) is 4.31 Å². The van der Waals surface area contributed by atoms with Crippen molar-refractivity contribution in [2.75, 3.05) is 45.9 Å². The number of hydrogen-bond acceptors (Lipinski definition) is 5. The Morgan fingerprint density at radius 2 is 1.71 bits per heavy atom. The third-order valence-electron chi connectivity index (χ3n) is 6.93. The zero-order valence-electron chi connectivity index (χ0n) is 17.9. The second kappa shape index (κ2) is 9.75. The van der Waals surface area contributed by atoms with E-state index in [-0.39, 0.29) is 26.9 Å². The third-order valence-corrected chi connectivity index (χ3v) is 9.15. The number of amides is 1. The number of hydrogen-bond donors (Lipinski definition) is 1. The molecule has 1 aromatic carbocycles. The summed E-state index contributed by atoms with van der Waals surface area (Å²) in [5, 5.41) is 3.35. The highest BCUT2D eigenvalue weighted by molar-refractivity contribution is 7.89. The van der Waals surface area contributed by atoms with Crippen molar-refractivity contribution in [3.8, 4) is 0 Å². The van der Waals surface area contributed by atoms with E-state index in [1.165, 1.54) is 28.9 Å². The van der Waals surface area contributed by atoms with Crippen LogP contribution in [0.25, 0.3) is 0 Å². The van der Waals surface area contributed by atoms with Crippen LogP contribution in [0.3, 0.4) is 0 Å².